The summed E-state index contributed by atoms with van der Waals surface area (Å²) < 4.78 is 2.03. The van der Waals surface area contributed by atoms with E-state index in [9.17, 15) is 4.79 Å². The SMILES string of the molecule is CCCn1ncc(NCC(C)(C)N(C)C)c(Br)c1=O. The summed E-state index contributed by atoms with van der Waals surface area (Å²) in [4.78, 5) is 14.2. The summed E-state index contributed by atoms with van der Waals surface area (Å²) in [7, 11) is 4.07. The minimum Gasteiger partial charge on any atom is -0.381 e. The molecule has 19 heavy (non-hydrogen) atoms. The fourth-order valence-electron chi connectivity index (χ4n) is 1.43. The smallest absolute Gasteiger partial charge is 0.283 e. The van der Waals surface area contributed by atoms with E-state index in [1.807, 2.05) is 21.0 Å². The van der Waals surface area contributed by atoms with Crippen LogP contribution in [-0.4, -0.2) is 40.9 Å². The van der Waals surface area contributed by atoms with Crippen LogP contribution in [0.25, 0.3) is 0 Å². The first-order chi connectivity index (χ1) is 8.79. The standard InChI is InChI=1S/C13H23BrN4O/c1-6-7-18-12(19)11(14)10(8-16-18)15-9-13(2,3)17(4)5/h8,15H,6-7,9H2,1-5H3. The Morgan fingerprint density at radius 3 is 2.63 bits per heavy atom. The molecule has 0 radical (unpaired) electrons. The molecule has 1 heterocycles. The molecule has 0 fully saturated rings. The number of hydrogen-bond donors (Lipinski definition) is 1. The van der Waals surface area contributed by atoms with Gasteiger partial charge < -0.3 is 10.2 Å². The molecule has 0 aliphatic heterocycles. The Bertz CT molecular complexity index is 482. The monoisotopic (exact) mass is 330 g/mol. The van der Waals surface area contributed by atoms with E-state index in [-0.39, 0.29) is 11.1 Å². The maximum absolute atomic E-state index is 12.0. The van der Waals surface area contributed by atoms with E-state index in [1.165, 1.54) is 4.68 Å². The minimum atomic E-state index is -0.0884. The van der Waals surface area contributed by atoms with E-state index in [1.54, 1.807) is 6.20 Å². The predicted octanol–water partition coefficient (Wildman–Crippen LogP) is 2.17. The summed E-state index contributed by atoms with van der Waals surface area (Å²) in [5, 5.41) is 7.45. The van der Waals surface area contributed by atoms with Gasteiger partial charge in [0, 0.05) is 18.6 Å². The molecule has 0 aromatic carbocycles. The number of nitrogens with zero attached hydrogens (tertiary/aromatic N) is 3. The first-order valence-electron chi connectivity index (χ1n) is 6.46. The number of halogens is 1. The number of aromatic nitrogens is 2. The van der Waals surface area contributed by atoms with Gasteiger partial charge >= 0.3 is 0 Å². The molecule has 0 aliphatic carbocycles. The van der Waals surface area contributed by atoms with Gasteiger partial charge in [-0.3, -0.25) is 4.79 Å². The predicted molar refractivity (Wildman–Crippen MR) is 82.7 cm³/mol. The fraction of sp³-hybridized carbons (Fsp3) is 0.692. The highest BCUT2D eigenvalue weighted by molar-refractivity contribution is 9.10. The largest absolute Gasteiger partial charge is 0.381 e. The molecule has 108 valence electrons. The second-order valence-electron chi connectivity index (χ2n) is 5.46. The van der Waals surface area contributed by atoms with Crippen molar-refractivity contribution in [2.75, 3.05) is 26.0 Å². The van der Waals surface area contributed by atoms with Crippen molar-refractivity contribution in [3.05, 3.63) is 21.0 Å². The summed E-state index contributed by atoms with van der Waals surface area (Å²) >= 11 is 3.36. The molecule has 1 aromatic rings. The van der Waals surface area contributed by atoms with Crippen molar-refractivity contribution in [3.63, 3.8) is 0 Å². The van der Waals surface area contributed by atoms with Crippen LogP contribution in [0.4, 0.5) is 5.69 Å². The number of aryl methyl sites for hydroxylation is 1. The lowest BCUT2D eigenvalue weighted by Crippen LogP contribution is -2.44. The summed E-state index contributed by atoms with van der Waals surface area (Å²) in [6.45, 7) is 7.67. The van der Waals surface area contributed by atoms with Crippen LogP contribution >= 0.6 is 15.9 Å². The minimum absolute atomic E-state index is 0.00226. The lowest BCUT2D eigenvalue weighted by molar-refractivity contribution is 0.210. The van der Waals surface area contributed by atoms with E-state index < -0.39 is 0 Å². The third-order valence-corrected chi connectivity index (χ3v) is 4.11. The molecule has 0 saturated carbocycles. The third kappa shape index (κ3) is 4.04. The maximum Gasteiger partial charge on any atom is 0.283 e. The van der Waals surface area contributed by atoms with Crippen LogP contribution < -0.4 is 10.9 Å². The van der Waals surface area contributed by atoms with E-state index in [0.29, 0.717) is 11.0 Å². The summed E-state index contributed by atoms with van der Waals surface area (Å²) in [5.41, 5.74) is 0.652. The van der Waals surface area contributed by atoms with Gasteiger partial charge in [0.2, 0.25) is 0 Å². The molecule has 0 bridgehead atoms. The molecule has 0 aliphatic rings. The Labute approximate surface area is 123 Å². The topological polar surface area (TPSA) is 50.2 Å². The zero-order valence-electron chi connectivity index (χ0n) is 12.3. The van der Waals surface area contributed by atoms with Crippen LogP contribution in [0, 0.1) is 0 Å². The van der Waals surface area contributed by atoms with Crippen LogP contribution in [0.1, 0.15) is 27.2 Å². The Hall–Kier alpha value is -0.880. The molecular formula is C13H23BrN4O. The molecule has 0 unspecified atom stereocenters. The lowest BCUT2D eigenvalue weighted by Gasteiger charge is -2.33. The molecule has 1 aromatic heterocycles. The summed E-state index contributed by atoms with van der Waals surface area (Å²) in [6.07, 6.45) is 2.59. The first kappa shape index (κ1) is 16.2. The van der Waals surface area contributed by atoms with Gasteiger partial charge in [0.05, 0.1) is 11.9 Å². The van der Waals surface area contributed by atoms with Crippen LogP contribution in [0.15, 0.2) is 15.5 Å². The second kappa shape index (κ2) is 6.52. The molecule has 6 heteroatoms. The first-order valence-corrected chi connectivity index (χ1v) is 7.26. The summed E-state index contributed by atoms with van der Waals surface area (Å²) in [6, 6.07) is 0. The van der Waals surface area contributed by atoms with Gasteiger partial charge in [0.25, 0.3) is 5.56 Å². The maximum atomic E-state index is 12.0. The fourth-order valence-corrected chi connectivity index (χ4v) is 1.88. The highest BCUT2D eigenvalue weighted by atomic mass is 79.9. The molecule has 0 spiro atoms. The van der Waals surface area contributed by atoms with Crippen molar-refractivity contribution in [2.24, 2.45) is 0 Å². The highest BCUT2D eigenvalue weighted by Crippen LogP contribution is 2.18. The number of hydrogen-bond acceptors (Lipinski definition) is 4. The Morgan fingerprint density at radius 1 is 1.47 bits per heavy atom. The molecule has 0 amide bonds. The van der Waals surface area contributed by atoms with Gasteiger partial charge in [-0.05, 0) is 50.3 Å². The number of nitrogens with one attached hydrogen (secondary N) is 1. The number of anilines is 1. The average Bonchev–Trinajstić information content (AvgIpc) is 2.34. The highest BCUT2D eigenvalue weighted by Gasteiger charge is 2.20. The molecule has 0 saturated heterocycles. The molecular weight excluding hydrogens is 308 g/mol. The molecule has 0 atom stereocenters. The van der Waals surface area contributed by atoms with Crippen molar-refractivity contribution in [1.82, 2.24) is 14.7 Å². The second-order valence-corrected chi connectivity index (χ2v) is 6.25. The van der Waals surface area contributed by atoms with Crippen LogP contribution in [-0.2, 0) is 6.54 Å². The lowest BCUT2D eigenvalue weighted by atomic mass is 10.0. The van der Waals surface area contributed by atoms with Gasteiger partial charge in [-0.15, -0.1) is 0 Å². The van der Waals surface area contributed by atoms with E-state index in [2.05, 4.69) is 45.1 Å². The zero-order valence-corrected chi connectivity index (χ0v) is 13.9. The van der Waals surface area contributed by atoms with Gasteiger partial charge in [-0.25, -0.2) is 4.68 Å². The summed E-state index contributed by atoms with van der Waals surface area (Å²) in [5.74, 6) is 0. The van der Waals surface area contributed by atoms with Crippen LogP contribution in [0.2, 0.25) is 0 Å². The average molecular weight is 331 g/mol. The Balaban J connectivity index is 2.87. The third-order valence-electron chi connectivity index (χ3n) is 3.34. The Morgan fingerprint density at radius 2 is 2.11 bits per heavy atom. The van der Waals surface area contributed by atoms with E-state index >= 15 is 0 Å². The molecule has 1 N–H and O–H groups in total. The van der Waals surface area contributed by atoms with Crippen molar-refractivity contribution in [2.45, 2.75) is 39.3 Å². The van der Waals surface area contributed by atoms with Gasteiger partial charge in [0.1, 0.15) is 4.47 Å². The van der Waals surface area contributed by atoms with Crippen molar-refractivity contribution >= 4 is 21.6 Å². The Kier molecular flexibility index (Phi) is 5.55. The number of rotatable bonds is 6. The van der Waals surface area contributed by atoms with Crippen LogP contribution in [0.3, 0.4) is 0 Å². The van der Waals surface area contributed by atoms with E-state index in [4.69, 9.17) is 0 Å². The quantitative estimate of drug-likeness (QED) is 0.868. The number of likely N-dealkylation sites (N-methyl/N-ethyl adjacent to an activating group) is 1. The van der Waals surface area contributed by atoms with Crippen molar-refractivity contribution < 1.29 is 0 Å². The zero-order chi connectivity index (χ0) is 14.6. The van der Waals surface area contributed by atoms with Gasteiger partial charge in [-0.2, -0.15) is 5.10 Å². The normalized spacial score (nSPS) is 11.9. The molecule has 5 nitrogen and oxygen atoms in total. The van der Waals surface area contributed by atoms with Gasteiger partial charge in [0.15, 0.2) is 0 Å². The molecule has 1 rings (SSSR count). The van der Waals surface area contributed by atoms with Gasteiger partial charge in [-0.1, -0.05) is 6.92 Å². The van der Waals surface area contributed by atoms with Crippen LogP contribution in [0.5, 0.6) is 0 Å². The van der Waals surface area contributed by atoms with E-state index in [0.717, 1.165) is 18.7 Å². The van der Waals surface area contributed by atoms with Crippen molar-refractivity contribution in [1.29, 1.82) is 0 Å². The van der Waals surface area contributed by atoms with Crippen molar-refractivity contribution in [3.8, 4) is 0 Å².